The van der Waals surface area contributed by atoms with Gasteiger partial charge in [0, 0.05) is 22.2 Å². The van der Waals surface area contributed by atoms with Crippen LogP contribution in [0.4, 0.5) is 0 Å². The molecule has 0 bridgehead atoms. The Bertz CT molecular complexity index is 1080. The Hall–Kier alpha value is -1.38. The lowest BCUT2D eigenvalue weighted by atomic mass is 10.1. The van der Waals surface area contributed by atoms with E-state index in [1.54, 1.807) is 6.92 Å². The number of carbonyl (C=O) groups excluding carboxylic acids is 1. The number of benzene rings is 2. The summed E-state index contributed by atoms with van der Waals surface area (Å²) < 4.78 is 25.9. The second-order valence-electron chi connectivity index (χ2n) is 10.5. The average molecular weight is 590 g/mol. The Balaban J connectivity index is 0.000000586. The van der Waals surface area contributed by atoms with Gasteiger partial charge in [0.25, 0.3) is 0 Å². The van der Waals surface area contributed by atoms with Crippen LogP contribution < -0.4 is 5.14 Å². The van der Waals surface area contributed by atoms with Gasteiger partial charge in [0.05, 0.1) is 20.5 Å². The van der Waals surface area contributed by atoms with Gasteiger partial charge < -0.3 is 4.79 Å². The third-order valence-electron chi connectivity index (χ3n) is 4.78. The molecule has 0 aliphatic heterocycles. The van der Waals surface area contributed by atoms with Crippen molar-refractivity contribution in [2.45, 2.75) is 90.6 Å². The molecule has 0 saturated carbocycles. The van der Waals surface area contributed by atoms with Crippen LogP contribution in [-0.4, -0.2) is 29.4 Å². The maximum absolute atomic E-state index is 11.9. The summed E-state index contributed by atoms with van der Waals surface area (Å²) in [7, 11) is -2.36. The molecule has 2 atom stereocenters. The van der Waals surface area contributed by atoms with Crippen LogP contribution >= 0.6 is 23.2 Å². The van der Waals surface area contributed by atoms with E-state index in [9.17, 15) is 13.2 Å². The largest absolute Gasteiger partial charge is 0.300 e. The fourth-order valence-corrected chi connectivity index (χ4v) is 3.46. The summed E-state index contributed by atoms with van der Waals surface area (Å²) in [6.07, 6.45) is 2.93. The molecule has 0 radical (unpaired) electrons. The van der Waals surface area contributed by atoms with E-state index in [1.165, 1.54) is 0 Å². The quantitative estimate of drug-likeness (QED) is 0.340. The Kier molecular flexibility index (Phi) is 16.6. The van der Waals surface area contributed by atoms with Gasteiger partial charge in [-0.2, -0.15) is 4.40 Å². The van der Waals surface area contributed by atoms with Crippen LogP contribution in [0.5, 0.6) is 0 Å². The predicted octanol–water partition coefficient (Wildman–Crippen LogP) is 7.46. The molecular formula is C28H42Cl2N2O3S2. The number of hydrogen-bond donors (Lipinski definition) is 1. The Labute approximate surface area is 238 Å². The first kappa shape index (κ1) is 35.6. The fraction of sp³-hybridized carbons (Fsp3) is 0.500. The van der Waals surface area contributed by atoms with Gasteiger partial charge in [-0.25, -0.2) is 8.42 Å². The van der Waals surface area contributed by atoms with Crippen molar-refractivity contribution < 1.29 is 13.2 Å². The van der Waals surface area contributed by atoms with E-state index in [2.05, 4.69) is 4.40 Å². The zero-order chi connectivity index (χ0) is 28.8. The molecule has 2 aromatic carbocycles. The highest BCUT2D eigenvalue weighted by molar-refractivity contribution is 7.85. The van der Waals surface area contributed by atoms with Crippen LogP contribution in [0.2, 0.25) is 10.0 Å². The lowest BCUT2D eigenvalue weighted by Crippen LogP contribution is -2.27. The fourth-order valence-electron chi connectivity index (χ4n) is 2.35. The molecule has 0 aliphatic carbocycles. The van der Waals surface area contributed by atoms with Crippen LogP contribution in [0, 0.1) is 0 Å². The summed E-state index contributed by atoms with van der Waals surface area (Å²) in [5, 5.41) is 6.57. The van der Waals surface area contributed by atoms with E-state index in [0.717, 1.165) is 46.1 Å². The molecule has 0 spiro atoms. The van der Waals surface area contributed by atoms with Crippen LogP contribution in [-0.2, 0) is 39.6 Å². The number of ketones is 1. The van der Waals surface area contributed by atoms with E-state index in [1.807, 2.05) is 97.0 Å². The van der Waals surface area contributed by atoms with Crippen LogP contribution in [0.3, 0.4) is 0 Å². The molecule has 9 heteroatoms. The molecule has 2 rings (SSSR count). The number of halogens is 2. The molecule has 0 aromatic heterocycles. The van der Waals surface area contributed by atoms with Gasteiger partial charge in [-0.3, -0.25) is 5.14 Å². The van der Waals surface area contributed by atoms with E-state index in [4.69, 9.17) is 28.3 Å². The van der Waals surface area contributed by atoms with Crippen molar-refractivity contribution in [1.29, 1.82) is 0 Å². The van der Waals surface area contributed by atoms with Gasteiger partial charge in [-0.15, -0.1) is 0 Å². The zero-order valence-electron chi connectivity index (χ0n) is 23.3. The Morgan fingerprint density at radius 2 is 1.16 bits per heavy atom. The van der Waals surface area contributed by atoms with E-state index < -0.39 is 22.0 Å². The number of hydrogen-bond acceptors (Lipinski definition) is 3. The molecule has 5 nitrogen and oxygen atoms in total. The molecule has 2 aromatic rings. The van der Waals surface area contributed by atoms with Gasteiger partial charge >= 0.3 is 0 Å². The molecular weight excluding hydrogens is 547 g/mol. The van der Waals surface area contributed by atoms with Gasteiger partial charge in [0.1, 0.15) is 16.8 Å². The number of aryl methyl sites for hydroxylation is 2. The molecule has 208 valence electrons. The highest BCUT2D eigenvalue weighted by Crippen LogP contribution is 2.18. The summed E-state index contributed by atoms with van der Waals surface area (Å²) in [5.41, 5.74) is 3.06. The molecule has 0 aliphatic rings. The summed E-state index contributed by atoms with van der Waals surface area (Å²) in [6, 6.07) is 15.4. The molecule has 2 N–H and O–H groups in total. The SMILES string of the molecule is CC(=O)CCc1ccccc1Cl.CC(C)(C)[S@@](N)=O.CC(CCc1ccccc1Cl)=N[S@@](=O)C(C)(C)C. The molecule has 0 fully saturated rings. The first-order chi connectivity index (χ1) is 16.9. The van der Waals surface area contributed by atoms with Crippen molar-refractivity contribution in [2.75, 3.05) is 0 Å². The minimum atomic E-state index is -1.18. The monoisotopic (exact) mass is 588 g/mol. The number of Topliss-reactive ketones (excluding diaryl/α,β-unsaturated/α-hetero) is 1. The summed E-state index contributed by atoms with van der Waals surface area (Å²) in [6.45, 7) is 14.8. The van der Waals surface area contributed by atoms with E-state index >= 15 is 0 Å². The van der Waals surface area contributed by atoms with Crippen molar-refractivity contribution in [3.8, 4) is 0 Å². The van der Waals surface area contributed by atoms with Crippen LogP contribution in [0.25, 0.3) is 0 Å². The van der Waals surface area contributed by atoms with Crippen LogP contribution in [0.1, 0.15) is 79.4 Å². The maximum atomic E-state index is 11.9. The Morgan fingerprint density at radius 1 is 0.784 bits per heavy atom. The third kappa shape index (κ3) is 16.9. The first-order valence-corrected chi connectivity index (χ1v) is 15.1. The van der Waals surface area contributed by atoms with Crippen molar-refractivity contribution >= 4 is 56.7 Å². The smallest absolute Gasteiger partial charge is 0.144 e. The van der Waals surface area contributed by atoms with Gasteiger partial charge in [-0.1, -0.05) is 59.6 Å². The summed E-state index contributed by atoms with van der Waals surface area (Å²) >= 11 is 12.0. The number of carbonyl (C=O) groups is 1. The summed E-state index contributed by atoms with van der Waals surface area (Å²) in [5.74, 6) is 0.204. The molecule has 0 heterocycles. The van der Waals surface area contributed by atoms with Crippen LogP contribution in [0.15, 0.2) is 52.9 Å². The van der Waals surface area contributed by atoms with Gasteiger partial charge in [0.2, 0.25) is 0 Å². The number of nitrogens with two attached hydrogens (primary N) is 1. The minimum absolute atomic E-state index is 0.204. The van der Waals surface area contributed by atoms with E-state index in [0.29, 0.717) is 6.42 Å². The normalized spacial score (nSPS) is 13.4. The molecule has 0 unspecified atom stereocenters. The second-order valence-corrected chi connectivity index (χ2v) is 15.0. The topological polar surface area (TPSA) is 89.6 Å². The van der Waals surface area contributed by atoms with Gasteiger partial charge in [0.15, 0.2) is 0 Å². The minimum Gasteiger partial charge on any atom is -0.300 e. The van der Waals surface area contributed by atoms with Gasteiger partial charge in [-0.05, 0) is 97.9 Å². The van der Waals surface area contributed by atoms with Crippen molar-refractivity contribution in [3.63, 3.8) is 0 Å². The summed E-state index contributed by atoms with van der Waals surface area (Å²) in [4.78, 5) is 10.7. The zero-order valence-corrected chi connectivity index (χ0v) is 26.4. The maximum Gasteiger partial charge on any atom is 0.144 e. The highest BCUT2D eigenvalue weighted by Gasteiger charge is 2.19. The second kappa shape index (κ2) is 17.3. The van der Waals surface area contributed by atoms with Crippen molar-refractivity contribution in [2.24, 2.45) is 9.54 Å². The lowest BCUT2D eigenvalue weighted by molar-refractivity contribution is -0.116. The van der Waals surface area contributed by atoms with Crippen molar-refractivity contribution in [1.82, 2.24) is 0 Å². The number of nitrogens with zero attached hydrogens (tertiary/aromatic N) is 1. The molecule has 0 saturated heterocycles. The lowest BCUT2D eigenvalue weighted by Gasteiger charge is -2.14. The predicted molar refractivity (Wildman–Crippen MR) is 163 cm³/mol. The highest BCUT2D eigenvalue weighted by atomic mass is 35.5. The van der Waals surface area contributed by atoms with E-state index in [-0.39, 0.29) is 15.3 Å². The molecule has 0 amide bonds. The van der Waals surface area contributed by atoms with Crippen molar-refractivity contribution in [3.05, 3.63) is 69.7 Å². The Morgan fingerprint density at radius 3 is 1.49 bits per heavy atom. The molecule has 37 heavy (non-hydrogen) atoms. The standard InChI is InChI=1S/C14H20ClNOS.C10H11ClO.C4H11NOS/c1-11(16-18(17)14(2,3)4)9-10-12-7-5-6-8-13(12)15;1-8(12)6-7-9-4-2-3-5-10(9)11;1-4(2,3)7(5)6/h5-8H,9-10H2,1-4H3;2-5H,6-7H2,1H3;5H2,1-3H3/t18-;;7-/m0.0/s1. The average Bonchev–Trinajstić information content (AvgIpc) is 2.77. The number of rotatable bonds is 7. The first-order valence-electron chi connectivity index (χ1n) is 12.0. The third-order valence-corrected chi connectivity index (χ3v) is 8.25.